The number of hydrogen-bond donors (Lipinski definition) is 0. The Hall–Kier alpha value is -2.92. The van der Waals surface area contributed by atoms with Crippen molar-refractivity contribution in [2.75, 3.05) is 19.8 Å². The Kier molecular flexibility index (Phi) is 51.9. The molecular weight excluding hydrogens is 789 g/mol. The van der Waals surface area contributed by atoms with Gasteiger partial charge in [-0.05, 0) is 89.9 Å². The Balaban J connectivity index is 4.33. The highest BCUT2D eigenvalue weighted by Gasteiger charge is 2.17. The van der Waals surface area contributed by atoms with Gasteiger partial charge in [0.25, 0.3) is 0 Å². The molecule has 0 bridgehead atoms. The lowest BCUT2D eigenvalue weighted by molar-refractivity contribution is -0.163. The first-order chi connectivity index (χ1) is 31.6. The van der Waals surface area contributed by atoms with E-state index in [-0.39, 0.29) is 25.2 Å². The summed E-state index contributed by atoms with van der Waals surface area (Å²) in [5.41, 5.74) is 0. The van der Waals surface area contributed by atoms with Gasteiger partial charge < -0.3 is 14.2 Å². The summed E-state index contributed by atoms with van der Waals surface area (Å²) < 4.78 is 17.4. The van der Waals surface area contributed by atoms with Crippen LogP contribution < -0.4 is 0 Å². The van der Waals surface area contributed by atoms with E-state index in [1.165, 1.54) is 103 Å². The molecule has 0 aliphatic rings. The third-order valence-corrected chi connectivity index (χ3v) is 11.4. The topological polar surface area (TPSA) is 61.8 Å². The average molecular weight is 891 g/mol. The molecule has 1 unspecified atom stereocenters. The van der Waals surface area contributed by atoms with Crippen molar-refractivity contribution in [3.05, 3.63) is 85.1 Å². The first kappa shape index (κ1) is 61.1. The Morgan fingerprint density at radius 3 is 1.12 bits per heavy atom. The van der Waals surface area contributed by atoms with Crippen LogP contribution in [0.3, 0.4) is 0 Å². The van der Waals surface area contributed by atoms with Crippen molar-refractivity contribution in [3.8, 4) is 0 Å². The van der Waals surface area contributed by atoms with E-state index in [1.54, 1.807) is 0 Å². The lowest BCUT2D eigenvalue weighted by Gasteiger charge is -2.18. The number of allylic oxidation sites excluding steroid dienone is 14. The molecule has 0 rings (SSSR count). The number of rotatable bonds is 49. The molecule has 0 spiro atoms. The number of unbranched alkanes of at least 4 members (excludes halogenated alkanes) is 24. The monoisotopic (exact) mass is 891 g/mol. The maximum absolute atomic E-state index is 12.8. The van der Waals surface area contributed by atoms with Crippen molar-refractivity contribution < 1.29 is 23.8 Å². The molecule has 0 aromatic heterocycles. The number of carbonyl (C=O) groups excluding carboxylic acids is 2. The zero-order chi connectivity index (χ0) is 46.3. The summed E-state index contributed by atoms with van der Waals surface area (Å²) in [6.45, 7) is 7.59. The molecule has 0 N–H and O–H groups in total. The minimum Gasteiger partial charge on any atom is -0.462 e. The highest BCUT2D eigenvalue weighted by molar-refractivity contribution is 5.70. The van der Waals surface area contributed by atoms with Crippen LogP contribution in [0.5, 0.6) is 0 Å². The number of esters is 2. The second-order valence-corrected chi connectivity index (χ2v) is 17.7. The average Bonchev–Trinajstić information content (AvgIpc) is 3.30. The van der Waals surface area contributed by atoms with Gasteiger partial charge in [-0.3, -0.25) is 9.59 Å². The summed E-state index contributed by atoms with van der Waals surface area (Å²) in [5, 5.41) is 0. The zero-order valence-electron chi connectivity index (χ0n) is 42.3. The molecule has 5 nitrogen and oxygen atoms in total. The fourth-order valence-electron chi connectivity index (χ4n) is 7.46. The lowest BCUT2D eigenvalue weighted by Crippen LogP contribution is -2.30. The van der Waals surface area contributed by atoms with E-state index in [9.17, 15) is 9.59 Å². The van der Waals surface area contributed by atoms with Crippen molar-refractivity contribution >= 4 is 11.9 Å². The first-order valence-corrected chi connectivity index (χ1v) is 27.1. The molecule has 0 aromatic carbocycles. The Bertz CT molecular complexity index is 1190. The molecule has 64 heavy (non-hydrogen) atoms. The van der Waals surface area contributed by atoms with Gasteiger partial charge in [-0.2, -0.15) is 0 Å². The smallest absolute Gasteiger partial charge is 0.306 e. The molecule has 368 valence electrons. The van der Waals surface area contributed by atoms with Crippen molar-refractivity contribution in [3.63, 3.8) is 0 Å². The summed E-state index contributed by atoms with van der Waals surface area (Å²) >= 11 is 0. The van der Waals surface area contributed by atoms with Gasteiger partial charge in [0, 0.05) is 19.4 Å². The molecular formula is C59H102O5. The Labute approximate surface area is 397 Å². The van der Waals surface area contributed by atoms with Crippen LogP contribution in [0.2, 0.25) is 0 Å². The maximum Gasteiger partial charge on any atom is 0.306 e. The minimum absolute atomic E-state index is 0.0671. The van der Waals surface area contributed by atoms with E-state index < -0.39 is 6.10 Å². The van der Waals surface area contributed by atoms with Gasteiger partial charge in [0.1, 0.15) is 6.61 Å². The van der Waals surface area contributed by atoms with Crippen molar-refractivity contribution in [2.45, 2.75) is 258 Å². The second-order valence-electron chi connectivity index (χ2n) is 17.7. The zero-order valence-corrected chi connectivity index (χ0v) is 42.3. The first-order valence-electron chi connectivity index (χ1n) is 27.1. The lowest BCUT2D eigenvalue weighted by atomic mass is 10.0. The summed E-state index contributed by atoms with van der Waals surface area (Å²) in [4.78, 5) is 25.5. The van der Waals surface area contributed by atoms with Crippen LogP contribution in [-0.2, 0) is 23.8 Å². The molecule has 5 heteroatoms. The van der Waals surface area contributed by atoms with Gasteiger partial charge in [0.05, 0.1) is 6.61 Å². The van der Waals surface area contributed by atoms with Gasteiger partial charge in [0.15, 0.2) is 6.10 Å². The van der Waals surface area contributed by atoms with Crippen LogP contribution in [0.4, 0.5) is 0 Å². The third-order valence-electron chi connectivity index (χ3n) is 11.4. The van der Waals surface area contributed by atoms with Crippen LogP contribution in [0.1, 0.15) is 252 Å². The van der Waals surface area contributed by atoms with Gasteiger partial charge in [-0.25, -0.2) is 0 Å². The van der Waals surface area contributed by atoms with Gasteiger partial charge in [0.2, 0.25) is 0 Å². The highest BCUT2D eigenvalue weighted by atomic mass is 16.6. The number of hydrogen-bond acceptors (Lipinski definition) is 5. The van der Waals surface area contributed by atoms with E-state index in [4.69, 9.17) is 14.2 Å². The van der Waals surface area contributed by atoms with Crippen LogP contribution >= 0.6 is 0 Å². The molecule has 0 saturated heterocycles. The molecule has 0 aliphatic carbocycles. The molecule has 0 heterocycles. The predicted octanol–water partition coefficient (Wildman–Crippen LogP) is 18.5. The SMILES string of the molecule is CC/C=C\C/C=C\C/C=C\C/C=C\CCCCCCC(=O)OCC(COCCCCCCCCCCCCCCCC)OC(=O)CCCCCCCCC/C=C\C/C=C\C/C=C\CC. The van der Waals surface area contributed by atoms with Crippen LogP contribution in [0.15, 0.2) is 85.1 Å². The summed E-state index contributed by atoms with van der Waals surface area (Å²) in [5.74, 6) is -0.431. The van der Waals surface area contributed by atoms with Crippen LogP contribution in [0.25, 0.3) is 0 Å². The Morgan fingerprint density at radius 1 is 0.359 bits per heavy atom. The molecule has 0 amide bonds. The number of carbonyl (C=O) groups is 2. The van der Waals surface area contributed by atoms with Crippen LogP contribution in [-0.4, -0.2) is 37.9 Å². The van der Waals surface area contributed by atoms with E-state index in [1.807, 2.05) is 0 Å². The Morgan fingerprint density at radius 2 is 0.703 bits per heavy atom. The number of ether oxygens (including phenoxy) is 3. The molecule has 0 saturated carbocycles. The summed E-state index contributed by atoms with van der Waals surface area (Å²) in [6, 6.07) is 0. The van der Waals surface area contributed by atoms with E-state index in [2.05, 4.69) is 106 Å². The molecule has 0 aromatic rings. The molecule has 0 fully saturated rings. The van der Waals surface area contributed by atoms with Crippen molar-refractivity contribution in [1.82, 2.24) is 0 Å². The summed E-state index contributed by atoms with van der Waals surface area (Å²) in [6.07, 6.45) is 71.6. The highest BCUT2D eigenvalue weighted by Crippen LogP contribution is 2.15. The van der Waals surface area contributed by atoms with E-state index in [0.29, 0.717) is 19.4 Å². The van der Waals surface area contributed by atoms with Gasteiger partial charge >= 0.3 is 11.9 Å². The molecule has 0 aliphatic heterocycles. The summed E-state index contributed by atoms with van der Waals surface area (Å²) in [7, 11) is 0. The normalized spacial score (nSPS) is 12.9. The fraction of sp³-hybridized carbons (Fsp3) is 0.729. The largest absolute Gasteiger partial charge is 0.462 e. The van der Waals surface area contributed by atoms with Gasteiger partial charge in [-0.1, -0.05) is 234 Å². The quantitative estimate of drug-likeness (QED) is 0.0346. The van der Waals surface area contributed by atoms with Crippen molar-refractivity contribution in [1.29, 1.82) is 0 Å². The van der Waals surface area contributed by atoms with E-state index >= 15 is 0 Å². The second kappa shape index (κ2) is 54.4. The molecule has 0 radical (unpaired) electrons. The molecule has 1 atom stereocenters. The predicted molar refractivity (Wildman–Crippen MR) is 279 cm³/mol. The third kappa shape index (κ3) is 51.7. The van der Waals surface area contributed by atoms with Crippen LogP contribution in [0, 0.1) is 0 Å². The minimum atomic E-state index is -0.554. The van der Waals surface area contributed by atoms with Crippen molar-refractivity contribution in [2.24, 2.45) is 0 Å². The van der Waals surface area contributed by atoms with Gasteiger partial charge in [-0.15, -0.1) is 0 Å². The standard InChI is InChI=1S/C59H102O5/c1-4-7-10-13-16-19-22-25-28-30-32-34-37-40-43-46-49-52-58(60)63-56-57(55-62-54-51-48-45-42-39-36-27-24-21-18-15-12-9-6-3)64-59(61)53-50-47-44-41-38-35-33-31-29-26-23-20-17-14-11-8-5-2/h7-8,10-11,16-17,19-20,25-26,28-29,32,34,57H,4-6,9,12-15,18,21-24,27,30-31,33,35-56H2,1-3H3/b10-7-,11-8-,19-16-,20-17-,28-25-,29-26-,34-32-. The van der Waals surface area contributed by atoms with E-state index in [0.717, 1.165) is 116 Å². The fourth-order valence-corrected chi connectivity index (χ4v) is 7.46. The maximum atomic E-state index is 12.8.